The Morgan fingerprint density at radius 3 is 2.67 bits per heavy atom. The Bertz CT molecular complexity index is 443. The maximum absolute atomic E-state index is 10.7. The minimum Gasteiger partial charge on any atom is -0.270 e. The van der Waals surface area contributed by atoms with Crippen LogP contribution in [0.25, 0.3) is 0 Å². The quantitative estimate of drug-likeness (QED) is 0.709. The van der Waals surface area contributed by atoms with E-state index in [4.69, 9.17) is 0 Å². The molecule has 1 rings (SSSR count). The number of aromatic nitrogens is 2. The van der Waals surface area contributed by atoms with Crippen molar-refractivity contribution >= 4 is 10.1 Å². The maximum atomic E-state index is 10.7. The summed E-state index contributed by atoms with van der Waals surface area (Å²) in [6, 6.07) is 0. The Hall–Kier alpha value is -1.01. The van der Waals surface area contributed by atoms with Gasteiger partial charge in [0.15, 0.2) is 0 Å². The van der Waals surface area contributed by atoms with Gasteiger partial charge < -0.3 is 0 Å². The van der Waals surface area contributed by atoms with Crippen LogP contribution < -0.4 is 0 Å². The van der Waals surface area contributed by atoms with Gasteiger partial charge in [0.25, 0.3) is 10.1 Å². The highest BCUT2D eigenvalue weighted by Crippen LogP contribution is 2.04. The van der Waals surface area contributed by atoms with Crippen LogP contribution in [-0.4, -0.2) is 31.2 Å². The van der Waals surface area contributed by atoms with Gasteiger partial charge >= 0.3 is 0 Å². The molecule has 1 aromatic rings. The Balaban J connectivity index is 2.61. The molecule has 84 valence electrons. The van der Waals surface area contributed by atoms with E-state index in [1.165, 1.54) is 0 Å². The van der Waals surface area contributed by atoms with Crippen molar-refractivity contribution in [3.8, 4) is 0 Å². The number of rotatable bonds is 4. The summed E-state index contributed by atoms with van der Waals surface area (Å²) >= 11 is 0. The highest BCUT2D eigenvalue weighted by Gasteiger charge is 2.05. The SMILES string of the molecule is Cc1cnc(C)c(CCOS(C)(=O)=O)n1. The summed E-state index contributed by atoms with van der Waals surface area (Å²) in [4.78, 5) is 8.38. The zero-order valence-electron chi connectivity index (χ0n) is 9.02. The minimum atomic E-state index is -3.37. The van der Waals surface area contributed by atoms with E-state index < -0.39 is 10.1 Å². The van der Waals surface area contributed by atoms with Crippen LogP contribution in [0.15, 0.2) is 6.20 Å². The molecule has 1 aromatic heterocycles. The molecule has 0 aliphatic carbocycles. The van der Waals surface area contributed by atoms with Gasteiger partial charge in [-0.1, -0.05) is 0 Å². The Kier molecular flexibility index (Phi) is 3.76. The molecule has 0 saturated heterocycles. The van der Waals surface area contributed by atoms with Crippen LogP contribution in [0.5, 0.6) is 0 Å². The van der Waals surface area contributed by atoms with Gasteiger partial charge in [0.1, 0.15) is 0 Å². The summed E-state index contributed by atoms with van der Waals surface area (Å²) in [5.41, 5.74) is 2.39. The smallest absolute Gasteiger partial charge is 0.264 e. The van der Waals surface area contributed by atoms with Crippen LogP contribution in [0.1, 0.15) is 17.1 Å². The lowest BCUT2D eigenvalue weighted by Gasteiger charge is -2.04. The van der Waals surface area contributed by atoms with Crippen molar-refractivity contribution < 1.29 is 12.6 Å². The fourth-order valence-corrected chi connectivity index (χ4v) is 1.50. The second-order valence-corrected chi connectivity index (χ2v) is 4.96. The molecule has 0 atom stereocenters. The highest BCUT2D eigenvalue weighted by atomic mass is 32.2. The molecule has 0 aliphatic rings. The van der Waals surface area contributed by atoms with E-state index in [0.717, 1.165) is 23.3 Å². The van der Waals surface area contributed by atoms with Gasteiger partial charge in [0, 0.05) is 12.6 Å². The predicted octanol–water partition coefficient (Wildman–Crippen LogP) is 0.612. The predicted molar refractivity (Wildman–Crippen MR) is 56.0 cm³/mol. The van der Waals surface area contributed by atoms with Crippen molar-refractivity contribution in [2.45, 2.75) is 20.3 Å². The summed E-state index contributed by atoms with van der Waals surface area (Å²) in [6.45, 7) is 3.79. The first-order chi connectivity index (χ1) is 6.88. The van der Waals surface area contributed by atoms with Crippen molar-refractivity contribution in [1.29, 1.82) is 0 Å². The summed E-state index contributed by atoms with van der Waals surface area (Å²) in [5.74, 6) is 0. The number of aryl methyl sites for hydroxylation is 2. The fourth-order valence-electron chi connectivity index (χ4n) is 1.11. The maximum Gasteiger partial charge on any atom is 0.264 e. The molecular formula is C9H14N2O3S. The van der Waals surface area contributed by atoms with Crippen LogP contribution >= 0.6 is 0 Å². The monoisotopic (exact) mass is 230 g/mol. The largest absolute Gasteiger partial charge is 0.270 e. The molecule has 0 fully saturated rings. The van der Waals surface area contributed by atoms with Crippen molar-refractivity contribution in [2.75, 3.05) is 12.9 Å². The van der Waals surface area contributed by atoms with Crippen LogP contribution in [0.2, 0.25) is 0 Å². The van der Waals surface area contributed by atoms with Gasteiger partial charge in [-0.05, 0) is 13.8 Å². The summed E-state index contributed by atoms with van der Waals surface area (Å²) in [6.07, 6.45) is 3.16. The van der Waals surface area contributed by atoms with Crippen LogP contribution in [0.4, 0.5) is 0 Å². The Morgan fingerprint density at radius 2 is 2.07 bits per heavy atom. The summed E-state index contributed by atoms with van der Waals surface area (Å²) in [5, 5.41) is 0. The van der Waals surface area contributed by atoms with Crippen LogP contribution in [-0.2, 0) is 20.7 Å². The zero-order valence-corrected chi connectivity index (χ0v) is 9.84. The first kappa shape index (κ1) is 12.1. The Labute approximate surface area is 89.6 Å². The van der Waals surface area contributed by atoms with E-state index in [-0.39, 0.29) is 6.61 Å². The third-order valence-corrected chi connectivity index (χ3v) is 2.41. The standard InChI is InChI=1S/C9H14N2O3S/c1-7-6-10-8(2)9(11-7)4-5-14-15(3,12)13/h6H,4-5H2,1-3H3. The third kappa shape index (κ3) is 4.35. The van der Waals surface area contributed by atoms with Gasteiger partial charge in [-0.15, -0.1) is 0 Å². The van der Waals surface area contributed by atoms with Crippen LogP contribution in [0, 0.1) is 13.8 Å². The van der Waals surface area contributed by atoms with Crippen molar-refractivity contribution in [1.82, 2.24) is 9.97 Å². The molecule has 0 bridgehead atoms. The van der Waals surface area contributed by atoms with E-state index in [2.05, 4.69) is 14.2 Å². The Morgan fingerprint density at radius 1 is 1.40 bits per heavy atom. The topological polar surface area (TPSA) is 69.2 Å². The average molecular weight is 230 g/mol. The molecular weight excluding hydrogens is 216 g/mol. The minimum absolute atomic E-state index is 0.109. The molecule has 0 N–H and O–H groups in total. The highest BCUT2D eigenvalue weighted by molar-refractivity contribution is 7.85. The first-order valence-corrected chi connectivity index (χ1v) is 6.33. The molecule has 6 heteroatoms. The average Bonchev–Trinajstić information content (AvgIpc) is 2.09. The van der Waals surface area contributed by atoms with E-state index in [9.17, 15) is 8.42 Å². The van der Waals surface area contributed by atoms with Crippen molar-refractivity contribution in [3.05, 3.63) is 23.3 Å². The molecule has 0 spiro atoms. The van der Waals surface area contributed by atoms with Crippen LogP contribution in [0.3, 0.4) is 0 Å². The molecule has 0 amide bonds. The summed E-state index contributed by atoms with van der Waals surface area (Å²) < 4.78 is 26.1. The van der Waals surface area contributed by atoms with E-state index in [0.29, 0.717) is 6.42 Å². The second kappa shape index (κ2) is 4.67. The van der Waals surface area contributed by atoms with E-state index in [1.807, 2.05) is 13.8 Å². The van der Waals surface area contributed by atoms with Gasteiger partial charge in [-0.2, -0.15) is 8.42 Å². The van der Waals surface area contributed by atoms with Gasteiger partial charge in [0.05, 0.1) is 29.9 Å². The molecule has 0 aromatic carbocycles. The lowest BCUT2D eigenvalue weighted by atomic mass is 10.2. The lowest BCUT2D eigenvalue weighted by Crippen LogP contribution is -2.09. The lowest BCUT2D eigenvalue weighted by molar-refractivity contribution is 0.324. The molecule has 0 unspecified atom stereocenters. The fraction of sp³-hybridized carbons (Fsp3) is 0.556. The molecule has 15 heavy (non-hydrogen) atoms. The molecule has 1 heterocycles. The normalized spacial score (nSPS) is 11.7. The van der Waals surface area contributed by atoms with Gasteiger partial charge in [0.2, 0.25) is 0 Å². The van der Waals surface area contributed by atoms with Gasteiger partial charge in [-0.25, -0.2) is 0 Å². The zero-order chi connectivity index (χ0) is 11.5. The van der Waals surface area contributed by atoms with E-state index in [1.54, 1.807) is 6.20 Å². The molecule has 5 nitrogen and oxygen atoms in total. The second-order valence-electron chi connectivity index (χ2n) is 3.32. The number of hydrogen-bond acceptors (Lipinski definition) is 5. The van der Waals surface area contributed by atoms with Gasteiger partial charge in [-0.3, -0.25) is 14.2 Å². The molecule has 0 aliphatic heterocycles. The third-order valence-electron chi connectivity index (χ3n) is 1.81. The van der Waals surface area contributed by atoms with Crippen molar-refractivity contribution in [3.63, 3.8) is 0 Å². The molecule has 0 radical (unpaired) electrons. The number of nitrogens with zero attached hydrogens (tertiary/aromatic N) is 2. The first-order valence-electron chi connectivity index (χ1n) is 4.52. The van der Waals surface area contributed by atoms with Crippen molar-refractivity contribution in [2.24, 2.45) is 0 Å². The van der Waals surface area contributed by atoms with E-state index >= 15 is 0 Å². The number of hydrogen-bond donors (Lipinski definition) is 0. The summed E-state index contributed by atoms with van der Waals surface area (Å²) in [7, 11) is -3.37. The molecule has 0 saturated carbocycles.